The molecule has 3 rings (SSSR count). The molecule has 1 saturated heterocycles. The van der Waals surface area contributed by atoms with Crippen LogP contribution in [0.25, 0.3) is 0 Å². The molecular formula is C15H21NO3. The van der Waals surface area contributed by atoms with E-state index in [0.717, 1.165) is 31.2 Å². The van der Waals surface area contributed by atoms with Crippen LogP contribution in [-0.4, -0.2) is 39.0 Å². The van der Waals surface area contributed by atoms with Gasteiger partial charge in [-0.15, -0.1) is 0 Å². The van der Waals surface area contributed by atoms with Crippen LogP contribution in [0.1, 0.15) is 12.8 Å². The Balaban J connectivity index is 1.42. The van der Waals surface area contributed by atoms with E-state index in [0.29, 0.717) is 19.1 Å². The number of para-hydroxylation sites is 2. The Bertz CT molecular complexity index is 404. The Morgan fingerprint density at radius 2 is 2.11 bits per heavy atom. The molecule has 2 aliphatic heterocycles. The van der Waals surface area contributed by atoms with Gasteiger partial charge in [-0.05, 0) is 37.4 Å². The van der Waals surface area contributed by atoms with Crippen LogP contribution in [0.5, 0.6) is 11.5 Å². The number of piperidine rings is 1. The SMILES string of the molecule is c1ccc2c(c1)OCC(COCC1CCCNC1)O2. The van der Waals surface area contributed by atoms with Crippen molar-refractivity contribution in [2.24, 2.45) is 5.92 Å². The van der Waals surface area contributed by atoms with Gasteiger partial charge in [0.05, 0.1) is 13.2 Å². The molecule has 1 fully saturated rings. The standard InChI is InChI=1S/C15H21NO3/c1-2-6-15-14(5-1)18-11-13(19-15)10-17-9-12-4-3-7-16-8-12/h1-2,5-6,12-13,16H,3-4,7-11H2. The Labute approximate surface area is 114 Å². The first-order valence-electron chi connectivity index (χ1n) is 7.09. The van der Waals surface area contributed by atoms with Crippen LogP contribution >= 0.6 is 0 Å². The van der Waals surface area contributed by atoms with Gasteiger partial charge in [-0.25, -0.2) is 0 Å². The lowest BCUT2D eigenvalue weighted by molar-refractivity contribution is -0.00410. The summed E-state index contributed by atoms with van der Waals surface area (Å²) in [5.41, 5.74) is 0. The van der Waals surface area contributed by atoms with Crippen LogP contribution in [0.4, 0.5) is 0 Å². The van der Waals surface area contributed by atoms with Crippen molar-refractivity contribution in [2.45, 2.75) is 18.9 Å². The van der Waals surface area contributed by atoms with Gasteiger partial charge < -0.3 is 19.5 Å². The molecule has 0 spiro atoms. The van der Waals surface area contributed by atoms with Crippen molar-refractivity contribution in [1.82, 2.24) is 5.32 Å². The Morgan fingerprint density at radius 1 is 1.21 bits per heavy atom. The number of ether oxygens (including phenoxy) is 3. The van der Waals surface area contributed by atoms with Gasteiger partial charge in [0.2, 0.25) is 0 Å². The van der Waals surface area contributed by atoms with Crippen LogP contribution in [-0.2, 0) is 4.74 Å². The smallest absolute Gasteiger partial charge is 0.161 e. The van der Waals surface area contributed by atoms with Crippen molar-refractivity contribution < 1.29 is 14.2 Å². The lowest BCUT2D eigenvalue weighted by atomic mass is 10.0. The molecule has 104 valence electrons. The maximum absolute atomic E-state index is 5.86. The van der Waals surface area contributed by atoms with E-state index in [9.17, 15) is 0 Å². The van der Waals surface area contributed by atoms with Gasteiger partial charge in [0.1, 0.15) is 6.61 Å². The fraction of sp³-hybridized carbons (Fsp3) is 0.600. The maximum atomic E-state index is 5.86. The maximum Gasteiger partial charge on any atom is 0.161 e. The van der Waals surface area contributed by atoms with Gasteiger partial charge in [0, 0.05) is 6.54 Å². The number of nitrogens with one attached hydrogen (secondary N) is 1. The second kappa shape index (κ2) is 6.26. The van der Waals surface area contributed by atoms with E-state index >= 15 is 0 Å². The van der Waals surface area contributed by atoms with Gasteiger partial charge in [0.25, 0.3) is 0 Å². The number of hydrogen-bond donors (Lipinski definition) is 1. The van der Waals surface area contributed by atoms with E-state index in [1.54, 1.807) is 0 Å². The van der Waals surface area contributed by atoms with Crippen LogP contribution in [0.15, 0.2) is 24.3 Å². The molecule has 0 aliphatic carbocycles. The average molecular weight is 263 g/mol. The van der Waals surface area contributed by atoms with E-state index in [2.05, 4.69) is 5.32 Å². The Kier molecular flexibility index (Phi) is 4.20. The van der Waals surface area contributed by atoms with Crippen LogP contribution < -0.4 is 14.8 Å². The summed E-state index contributed by atoms with van der Waals surface area (Å²) in [5.74, 6) is 2.29. The van der Waals surface area contributed by atoms with Crippen molar-refractivity contribution in [3.05, 3.63) is 24.3 Å². The van der Waals surface area contributed by atoms with E-state index in [1.165, 1.54) is 12.8 Å². The zero-order chi connectivity index (χ0) is 12.9. The largest absolute Gasteiger partial charge is 0.486 e. The highest BCUT2D eigenvalue weighted by molar-refractivity contribution is 5.40. The first kappa shape index (κ1) is 12.8. The third kappa shape index (κ3) is 3.39. The summed E-state index contributed by atoms with van der Waals surface area (Å²) in [6.07, 6.45) is 2.52. The van der Waals surface area contributed by atoms with Gasteiger partial charge in [-0.2, -0.15) is 0 Å². The Hall–Kier alpha value is -1.26. The third-order valence-electron chi connectivity index (χ3n) is 3.62. The molecule has 2 atom stereocenters. The van der Waals surface area contributed by atoms with Crippen molar-refractivity contribution in [3.63, 3.8) is 0 Å². The molecule has 2 heterocycles. The summed E-state index contributed by atoms with van der Waals surface area (Å²) in [6.45, 7) is 4.21. The lowest BCUT2D eigenvalue weighted by Gasteiger charge is -2.27. The molecule has 0 amide bonds. The summed E-state index contributed by atoms with van der Waals surface area (Å²) in [5, 5.41) is 3.40. The minimum absolute atomic E-state index is 0.00597. The molecule has 1 N–H and O–H groups in total. The third-order valence-corrected chi connectivity index (χ3v) is 3.62. The average Bonchev–Trinajstić information content (AvgIpc) is 2.48. The number of fused-ring (bicyclic) bond motifs is 1. The predicted octanol–water partition coefficient (Wildman–Crippen LogP) is 1.84. The van der Waals surface area contributed by atoms with Crippen LogP contribution in [0, 0.1) is 5.92 Å². The fourth-order valence-corrected chi connectivity index (χ4v) is 2.58. The Morgan fingerprint density at radius 3 is 2.95 bits per heavy atom. The molecule has 0 saturated carbocycles. The summed E-state index contributed by atoms with van der Waals surface area (Å²) >= 11 is 0. The van der Waals surface area contributed by atoms with Gasteiger partial charge in [-0.3, -0.25) is 0 Å². The van der Waals surface area contributed by atoms with Crippen LogP contribution in [0.3, 0.4) is 0 Å². The molecule has 1 aromatic carbocycles. The number of hydrogen-bond acceptors (Lipinski definition) is 4. The molecule has 2 unspecified atom stereocenters. The van der Waals surface area contributed by atoms with E-state index in [4.69, 9.17) is 14.2 Å². The monoisotopic (exact) mass is 263 g/mol. The van der Waals surface area contributed by atoms with E-state index in [1.807, 2.05) is 24.3 Å². The molecular weight excluding hydrogens is 242 g/mol. The lowest BCUT2D eigenvalue weighted by Crippen LogP contribution is -2.36. The van der Waals surface area contributed by atoms with E-state index in [-0.39, 0.29) is 6.10 Å². The molecule has 19 heavy (non-hydrogen) atoms. The molecule has 0 aromatic heterocycles. The van der Waals surface area contributed by atoms with E-state index < -0.39 is 0 Å². The minimum atomic E-state index is 0.00597. The zero-order valence-electron chi connectivity index (χ0n) is 11.1. The van der Waals surface area contributed by atoms with Crippen molar-refractivity contribution in [3.8, 4) is 11.5 Å². The molecule has 0 bridgehead atoms. The van der Waals surface area contributed by atoms with Crippen molar-refractivity contribution in [1.29, 1.82) is 0 Å². The second-order valence-corrected chi connectivity index (χ2v) is 5.25. The summed E-state index contributed by atoms with van der Waals surface area (Å²) in [6, 6.07) is 7.78. The molecule has 4 heteroatoms. The minimum Gasteiger partial charge on any atom is -0.486 e. The topological polar surface area (TPSA) is 39.7 Å². The van der Waals surface area contributed by atoms with Crippen LogP contribution in [0.2, 0.25) is 0 Å². The first-order chi connectivity index (χ1) is 9.42. The molecule has 1 aromatic rings. The summed E-state index contributed by atoms with van der Waals surface area (Å²) in [4.78, 5) is 0. The number of benzene rings is 1. The molecule has 0 radical (unpaired) electrons. The highest BCUT2D eigenvalue weighted by Crippen LogP contribution is 2.30. The van der Waals surface area contributed by atoms with Gasteiger partial charge in [-0.1, -0.05) is 12.1 Å². The second-order valence-electron chi connectivity index (χ2n) is 5.25. The highest BCUT2D eigenvalue weighted by Gasteiger charge is 2.21. The molecule has 4 nitrogen and oxygen atoms in total. The fourth-order valence-electron chi connectivity index (χ4n) is 2.58. The van der Waals surface area contributed by atoms with Gasteiger partial charge >= 0.3 is 0 Å². The zero-order valence-corrected chi connectivity index (χ0v) is 11.1. The quantitative estimate of drug-likeness (QED) is 0.900. The summed E-state index contributed by atoms with van der Waals surface area (Å²) < 4.78 is 17.3. The van der Waals surface area contributed by atoms with Crippen molar-refractivity contribution >= 4 is 0 Å². The van der Waals surface area contributed by atoms with Gasteiger partial charge in [0.15, 0.2) is 17.6 Å². The normalized spacial score (nSPS) is 26.1. The van der Waals surface area contributed by atoms with Crippen molar-refractivity contribution in [2.75, 3.05) is 32.9 Å². The number of rotatable bonds is 4. The summed E-state index contributed by atoms with van der Waals surface area (Å²) in [7, 11) is 0. The first-order valence-corrected chi connectivity index (χ1v) is 7.09. The molecule has 2 aliphatic rings. The highest BCUT2D eigenvalue weighted by atomic mass is 16.6. The predicted molar refractivity (Wildman–Crippen MR) is 72.8 cm³/mol.